The normalized spacial score (nSPS) is 10.5. The number of aromatic nitrogens is 3. The van der Waals surface area contributed by atoms with Gasteiger partial charge in [-0.3, -0.25) is 4.79 Å². The van der Waals surface area contributed by atoms with Crippen LogP contribution in [0.15, 0.2) is 72.8 Å². The average Bonchev–Trinajstić information content (AvgIpc) is 3.30. The molecule has 37 heavy (non-hydrogen) atoms. The fourth-order valence-corrected chi connectivity index (χ4v) is 3.51. The van der Waals surface area contributed by atoms with Crippen molar-refractivity contribution in [3.63, 3.8) is 0 Å². The third-order valence-corrected chi connectivity index (χ3v) is 5.38. The van der Waals surface area contributed by atoms with Crippen LogP contribution in [0.3, 0.4) is 0 Å². The molecule has 0 aliphatic carbocycles. The maximum absolute atomic E-state index is 11.7. The lowest BCUT2D eigenvalue weighted by atomic mass is 10.1. The number of rotatable bonds is 11. The molecular formula is C27H26N4O6. The number of carbonyl (C=O) groups excluding carboxylic acids is 1. The second kappa shape index (κ2) is 11.7. The van der Waals surface area contributed by atoms with Crippen molar-refractivity contribution in [2.75, 3.05) is 20.3 Å². The van der Waals surface area contributed by atoms with Gasteiger partial charge in [0.1, 0.15) is 23.9 Å². The fraction of sp³-hybridized carbons (Fsp3) is 0.185. The highest BCUT2D eigenvalue weighted by Crippen LogP contribution is 2.29. The standard InChI is InChI=1S/C27H26N4O6/c1-18(32)28-15-16-36-23-11-5-20(6-12-23)21-7-13-24(14-8-21)37-26-25(27(33)34)29-30-31(26)17-19-3-9-22(35-2)10-4-19/h3-14H,15-17H2,1-2H3,(H,28,32)(H,33,34). The minimum absolute atomic E-state index is 0.0387. The molecule has 1 heterocycles. The van der Waals surface area contributed by atoms with Crippen LogP contribution in [0.1, 0.15) is 23.0 Å². The van der Waals surface area contributed by atoms with Crippen molar-refractivity contribution in [2.24, 2.45) is 0 Å². The molecule has 10 nitrogen and oxygen atoms in total. The smallest absolute Gasteiger partial charge is 0.362 e. The van der Waals surface area contributed by atoms with E-state index in [1.807, 2.05) is 60.7 Å². The molecule has 0 saturated heterocycles. The first-order valence-corrected chi connectivity index (χ1v) is 11.5. The SMILES string of the molecule is COc1ccc(Cn2nnc(C(=O)O)c2Oc2ccc(-c3ccc(OCCNC(C)=O)cc3)cc2)cc1. The van der Waals surface area contributed by atoms with Crippen LogP contribution in [0.25, 0.3) is 11.1 Å². The quantitative estimate of drug-likeness (QED) is 0.295. The maximum atomic E-state index is 11.7. The van der Waals surface area contributed by atoms with E-state index >= 15 is 0 Å². The second-order valence-corrected chi connectivity index (χ2v) is 8.04. The lowest BCUT2D eigenvalue weighted by Crippen LogP contribution is -2.25. The molecule has 10 heteroatoms. The van der Waals surface area contributed by atoms with E-state index in [0.29, 0.717) is 30.4 Å². The summed E-state index contributed by atoms with van der Waals surface area (Å²) in [5, 5.41) is 20.0. The Morgan fingerprint density at radius 2 is 1.49 bits per heavy atom. The summed E-state index contributed by atoms with van der Waals surface area (Å²) in [4.78, 5) is 22.6. The highest BCUT2D eigenvalue weighted by molar-refractivity contribution is 5.87. The van der Waals surface area contributed by atoms with Crippen molar-refractivity contribution in [1.29, 1.82) is 0 Å². The molecular weight excluding hydrogens is 476 g/mol. The average molecular weight is 503 g/mol. The molecule has 0 atom stereocenters. The molecule has 1 aromatic heterocycles. The van der Waals surface area contributed by atoms with Crippen molar-refractivity contribution in [2.45, 2.75) is 13.5 Å². The topological polar surface area (TPSA) is 125 Å². The fourth-order valence-electron chi connectivity index (χ4n) is 3.51. The zero-order valence-corrected chi connectivity index (χ0v) is 20.4. The molecule has 0 fully saturated rings. The number of nitrogens with zero attached hydrogens (tertiary/aromatic N) is 3. The summed E-state index contributed by atoms with van der Waals surface area (Å²) in [6.07, 6.45) is 0. The minimum atomic E-state index is -1.23. The predicted molar refractivity (Wildman–Crippen MR) is 135 cm³/mol. The number of ether oxygens (including phenoxy) is 3. The van der Waals surface area contributed by atoms with Crippen LogP contribution in [-0.4, -0.2) is 52.2 Å². The predicted octanol–water partition coefficient (Wildman–Crippen LogP) is 4.01. The molecule has 0 unspecified atom stereocenters. The van der Waals surface area contributed by atoms with Gasteiger partial charge < -0.3 is 24.6 Å². The Balaban J connectivity index is 1.45. The molecule has 190 valence electrons. The van der Waals surface area contributed by atoms with E-state index in [1.165, 1.54) is 11.6 Å². The molecule has 0 radical (unpaired) electrons. The number of hydrogen-bond donors (Lipinski definition) is 2. The lowest BCUT2D eigenvalue weighted by Gasteiger charge is -2.11. The number of amides is 1. The zero-order valence-electron chi connectivity index (χ0n) is 20.4. The van der Waals surface area contributed by atoms with E-state index in [0.717, 1.165) is 16.7 Å². The molecule has 0 saturated carbocycles. The van der Waals surface area contributed by atoms with Gasteiger partial charge in [-0.15, -0.1) is 5.10 Å². The van der Waals surface area contributed by atoms with Crippen LogP contribution in [-0.2, 0) is 11.3 Å². The Hall–Kier alpha value is -4.86. The van der Waals surface area contributed by atoms with Crippen molar-refractivity contribution >= 4 is 11.9 Å². The monoisotopic (exact) mass is 502 g/mol. The molecule has 3 aromatic carbocycles. The number of hydrogen-bond acceptors (Lipinski definition) is 7. The molecule has 0 aliphatic heterocycles. The van der Waals surface area contributed by atoms with Gasteiger partial charge in [0.25, 0.3) is 5.88 Å². The molecule has 0 aliphatic rings. The van der Waals surface area contributed by atoms with Gasteiger partial charge in [0, 0.05) is 6.92 Å². The number of aromatic carboxylic acids is 1. The van der Waals surface area contributed by atoms with Crippen LogP contribution in [0.2, 0.25) is 0 Å². The van der Waals surface area contributed by atoms with Gasteiger partial charge in [-0.05, 0) is 53.1 Å². The summed E-state index contributed by atoms with van der Waals surface area (Å²) < 4.78 is 18.1. The minimum Gasteiger partial charge on any atom is -0.497 e. The van der Waals surface area contributed by atoms with Crippen LogP contribution in [0, 0.1) is 0 Å². The number of carbonyl (C=O) groups is 2. The Morgan fingerprint density at radius 3 is 2.05 bits per heavy atom. The van der Waals surface area contributed by atoms with E-state index in [1.54, 1.807) is 19.2 Å². The molecule has 0 bridgehead atoms. The Labute approximate surface area is 213 Å². The highest BCUT2D eigenvalue weighted by atomic mass is 16.5. The van der Waals surface area contributed by atoms with Crippen molar-refractivity contribution in [3.8, 4) is 34.3 Å². The summed E-state index contributed by atoms with van der Waals surface area (Å²) in [5.74, 6) is 0.580. The largest absolute Gasteiger partial charge is 0.497 e. The second-order valence-electron chi connectivity index (χ2n) is 8.04. The van der Waals surface area contributed by atoms with Crippen molar-refractivity contribution in [1.82, 2.24) is 20.3 Å². The molecule has 4 aromatic rings. The summed E-state index contributed by atoms with van der Waals surface area (Å²) >= 11 is 0. The van der Waals surface area contributed by atoms with Gasteiger partial charge in [0.05, 0.1) is 20.2 Å². The van der Waals surface area contributed by atoms with E-state index < -0.39 is 5.97 Å². The molecule has 2 N–H and O–H groups in total. The van der Waals surface area contributed by atoms with Crippen LogP contribution in [0.5, 0.6) is 23.1 Å². The van der Waals surface area contributed by atoms with Crippen molar-refractivity contribution < 1.29 is 28.9 Å². The highest BCUT2D eigenvalue weighted by Gasteiger charge is 2.22. The lowest BCUT2D eigenvalue weighted by molar-refractivity contribution is -0.119. The van der Waals surface area contributed by atoms with Crippen molar-refractivity contribution in [3.05, 3.63) is 84.1 Å². The first-order chi connectivity index (χ1) is 17.9. The van der Waals surface area contributed by atoms with Crippen LogP contribution >= 0.6 is 0 Å². The van der Waals surface area contributed by atoms with Crippen LogP contribution in [0.4, 0.5) is 0 Å². The Kier molecular flexibility index (Phi) is 7.99. The summed E-state index contributed by atoms with van der Waals surface area (Å²) in [6, 6.07) is 22.2. The van der Waals surface area contributed by atoms with Gasteiger partial charge in [0.15, 0.2) is 0 Å². The summed E-state index contributed by atoms with van der Waals surface area (Å²) in [5.41, 5.74) is 2.52. The number of carboxylic acids is 1. The summed E-state index contributed by atoms with van der Waals surface area (Å²) in [6.45, 7) is 2.56. The number of carboxylic acid groups (broad SMARTS) is 1. The number of nitrogens with one attached hydrogen (secondary N) is 1. The number of methoxy groups -OCH3 is 1. The molecule has 0 spiro atoms. The van der Waals surface area contributed by atoms with Gasteiger partial charge in [-0.25, -0.2) is 9.48 Å². The number of benzene rings is 3. The Morgan fingerprint density at radius 1 is 0.892 bits per heavy atom. The van der Waals surface area contributed by atoms with Gasteiger partial charge in [-0.1, -0.05) is 41.6 Å². The first kappa shape index (κ1) is 25.2. The molecule has 1 amide bonds. The third kappa shape index (κ3) is 6.63. The molecule has 4 rings (SSSR count). The Bertz CT molecular complexity index is 1350. The van der Waals surface area contributed by atoms with E-state index in [9.17, 15) is 14.7 Å². The third-order valence-electron chi connectivity index (χ3n) is 5.38. The van der Waals surface area contributed by atoms with Gasteiger partial charge in [-0.2, -0.15) is 0 Å². The van der Waals surface area contributed by atoms with E-state index in [2.05, 4.69) is 15.6 Å². The summed E-state index contributed by atoms with van der Waals surface area (Å²) in [7, 11) is 1.59. The van der Waals surface area contributed by atoms with Gasteiger partial charge >= 0.3 is 5.97 Å². The first-order valence-electron chi connectivity index (χ1n) is 11.5. The zero-order chi connectivity index (χ0) is 26.2. The maximum Gasteiger partial charge on any atom is 0.362 e. The van der Waals surface area contributed by atoms with E-state index in [4.69, 9.17) is 14.2 Å². The van der Waals surface area contributed by atoms with Gasteiger partial charge in [0.2, 0.25) is 11.6 Å². The van der Waals surface area contributed by atoms with E-state index in [-0.39, 0.29) is 24.0 Å². The van der Waals surface area contributed by atoms with Crippen LogP contribution < -0.4 is 19.5 Å².